The predicted molar refractivity (Wildman–Crippen MR) is 83.5 cm³/mol. The Kier molecular flexibility index (Phi) is 4.04. The highest BCUT2D eigenvalue weighted by Gasteiger charge is 2.42. The molecule has 2 aliphatic rings. The molecule has 21 heavy (non-hydrogen) atoms. The lowest BCUT2D eigenvalue weighted by atomic mass is 9.84. The highest BCUT2D eigenvalue weighted by Crippen LogP contribution is 2.49. The summed E-state index contributed by atoms with van der Waals surface area (Å²) in [6.07, 6.45) is 5.40. The summed E-state index contributed by atoms with van der Waals surface area (Å²) in [7, 11) is 1.63. The molecular weight excluding hydrogens is 264 g/mol. The van der Waals surface area contributed by atoms with E-state index >= 15 is 0 Å². The monoisotopic (exact) mass is 288 g/mol. The summed E-state index contributed by atoms with van der Waals surface area (Å²) < 4.78 is 5.11. The molecule has 2 amide bonds. The Bertz CT molecular complexity index is 500. The van der Waals surface area contributed by atoms with E-state index in [4.69, 9.17) is 4.74 Å². The number of urea groups is 1. The lowest BCUT2D eigenvalue weighted by Gasteiger charge is -2.28. The number of benzene rings is 1. The molecule has 0 spiro atoms. The van der Waals surface area contributed by atoms with Crippen LogP contribution in [0.1, 0.15) is 32.6 Å². The standard InChI is InChI=1S/C17H24N2O2/c1-11(16-10-12-3-4-13(16)9-12)18-17(20)19-14-5-7-15(21-2)8-6-14/h5-8,11-13,16H,3-4,9-10H2,1-2H3,(H2,18,19,20)/t11-,12-,13-,16-/m0/s1. The van der Waals surface area contributed by atoms with Crippen LogP contribution < -0.4 is 15.4 Å². The summed E-state index contributed by atoms with van der Waals surface area (Å²) in [6.45, 7) is 2.14. The minimum absolute atomic E-state index is 0.115. The van der Waals surface area contributed by atoms with Crippen molar-refractivity contribution < 1.29 is 9.53 Å². The van der Waals surface area contributed by atoms with Crippen LogP contribution in [0.2, 0.25) is 0 Å². The predicted octanol–water partition coefficient (Wildman–Crippen LogP) is 3.64. The molecule has 2 N–H and O–H groups in total. The molecule has 4 atom stereocenters. The minimum Gasteiger partial charge on any atom is -0.497 e. The van der Waals surface area contributed by atoms with Crippen molar-refractivity contribution in [3.05, 3.63) is 24.3 Å². The fourth-order valence-corrected chi connectivity index (χ4v) is 4.06. The number of methoxy groups -OCH3 is 1. The smallest absolute Gasteiger partial charge is 0.319 e. The first-order valence-electron chi connectivity index (χ1n) is 7.87. The summed E-state index contributed by atoms with van der Waals surface area (Å²) in [5.41, 5.74) is 0.786. The number of carbonyl (C=O) groups is 1. The molecule has 3 rings (SSSR count). The molecule has 0 aromatic heterocycles. The fraction of sp³-hybridized carbons (Fsp3) is 0.588. The normalized spacial score (nSPS) is 28.2. The Morgan fingerprint density at radius 1 is 1.24 bits per heavy atom. The summed E-state index contributed by atoms with van der Waals surface area (Å²) in [5.74, 6) is 3.18. The van der Waals surface area contributed by atoms with E-state index in [-0.39, 0.29) is 12.1 Å². The number of nitrogens with one attached hydrogen (secondary N) is 2. The van der Waals surface area contributed by atoms with Crippen LogP contribution in [-0.4, -0.2) is 19.2 Å². The average Bonchev–Trinajstić information content (AvgIpc) is 3.10. The van der Waals surface area contributed by atoms with E-state index in [1.165, 1.54) is 25.7 Å². The number of anilines is 1. The van der Waals surface area contributed by atoms with Crippen molar-refractivity contribution in [3.63, 3.8) is 0 Å². The van der Waals surface area contributed by atoms with Gasteiger partial charge in [0, 0.05) is 11.7 Å². The van der Waals surface area contributed by atoms with Crippen molar-refractivity contribution in [1.82, 2.24) is 5.32 Å². The SMILES string of the molecule is COc1ccc(NC(=O)N[C@@H](C)[C@@H]2C[C@H]3CC[C@H]2C3)cc1. The first-order chi connectivity index (χ1) is 10.2. The molecule has 1 aromatic carbocycles. The van der Waals surface area contributed by atoms with E-state index < -0.39 is 0 Å². The zero-order valence-electron chi connectivity index (χ0n) is 12.8. The van der Waals surface area contributed by atoms with Gasteiger partial charge >= 0.3 is 6.03 Å². The largest absolute Gasteiger partial charge is 0.497 e. The third kappa shape index (κ3) is 3.14. The zero-order chi connectivity index (χ0) is 14.8. The molecular formula is C17H24N2O2. The Morgan fingerprint density at radius 2 is 2.00 bits per heavy atom. The van der Waals surface area contributed by atoms with Gasteiger partial charge in [0.1, 0.15) is 5.75 Å². The quantitative estimate of drug-likeness (QED) is 0.888. The van der Waals surface area contributed by atoms with Gasteiger partial charge in [-0.05, 0) is 68.2 Å². The van der Waals surface area contributed by atoms with Gasteiger partial charge in [-0.1, -0.05) is 6.42 Å². The average molecular weight is 288 g/mol. The molecule has 2 bridgehead atoms. The summed E-state index contributed by atoms with van der Waals surface area (Å²) >= 11 is 0. The van der Waals surface area contributed by atoms with Crippen molar-refractivity contribution in [2.24, 2.45) is 17.8 Å². The van der Waals surface area contributed by atoms with Crippen LogP contribution in [0.15, 0.2) is 24.3 Å². The van der Waals surface area contributed by atoms with Crippen LogP contribution in [0.4, 0.5) is 10.5 Å². The molecule has 0 saturated heterocycles. The van der Waals surface area contributed by atoms with Crippen LogP contribution in [0.3, 0.4) is 0 Å². The van der Waals surface area contributed by atoms with Crippen molar-refractivity contribution in [2.75, 3.05) is 12.4 Å². The van der Waals surface area contributed by atoms with Crippen molar-refractivity contribution in [2.45, 2.75) is 38.6 Å². The van der Waals surface area contributed by atoms with Gasteiger partial charge in [0.25, 0.3) is 0 Å². The number of hydrogen-bond donors (Lipinski definition) is 2. The van der Waals surface area contributed by atoms with Gasteiger partial charge in [0.15, 0.2) is 0 Å². The maximum absolute atomic E-state index is 12.1. The number of amides is 2. The second-order valence-corrected chi connectivity index (χ2v) is 6.45. The van der Waals surface area contributed by atoms with Crippen molar-refractivity contribution in [1.29, 1.82) is 0 Å². The Labute approximate surface area is 126 Å². The molecule has 1 aromatic rings. The molecule has 0 unspecified atom stereocenters. The molecule has 114 valence electrons. The lowest BCUT2D eigenvalue weighted by molar-refractivity contribution is 0.230. The molecule has 0 radical (unpaired) electrons. The molecule has 0 aliphatic heterocycles. The number of carbonyl (C=O) groups excluding carboxylic acids is 1. The van der Waals surface area contributed by atoms with E-state index in [1.807, 2.05) is 24.3 Å². The van der Waals surface area contributed by atoms with Gasteiger partial charge in [-0.15, -0.1) is 0 Å². The second-order valence-electron chi connectivity index (χ2n) is 6.45. The van der Waals surface area contributed by atoms with Gasteiger partial charge in [-0.3, -0.25) is 0 Å². The van der Waals surface area contributed by atoms with Gasteiger partial charge in [-0.25, -0.2) is 4.79 Å². The third-order valence-corrected chi connectivity index (χ3v) is 5.14. The van der Waals surface area contributed by atoms with E-state index in [1.54, 1.807) is 7.11 Å². The van der Waals surface area contributed by atoms with Crippen molar-refractivity contribution >= 4 is 11.7 Å². The number of hydrogen-bond acceptors (Lipinski definition) is 2. The van der Waals surface area contributed by atoms with E-state index in [0.29, 0.717) is 5.92 Å². The minimum atomic E-state index is -0.115. The van der Waals surface area contributed by atoms with E-state index in [0.717, 1.165) is 23.3 Å². The maximum atomic E-state index is 12.1. The third-order valence-electron chi connectivity index (χ3n) is 5.14. The number of rotatable bonds is 4. The topological polar surface area (TPSA) is 50.4 Å². The molecule has 4 heteroatoms. The van der Waals surface area contributed by atoms with Gasteiger partial charge < -0.3 is 15.4 Å². The summed E-state index contributed by atoms with van der Waals surface area (Å²) in [6, 6.07) is 7.51. The first-order valence-corrected chi connectivity index (χ1v) is 7.87. The number of ether oxygens (including phenoxy) is 1. The van der Waals surface area contributed by atoms with Crippen LogP contribution >= 0.6 is 0 Å². The first kappa shape index (κ1) is 14.2. The number of fused-ring (bicyclic) bond motifs is 2. The molecule has 2 saturated carbocycles. The van der Waals surface area contributed by atoms with Crippen LogP contribution in [0.5, 0.6) is 5.75 Å². The highest BCUT2D eigenvalue weighted by atomic mass is 16.5. The molecule has 0 heterocycles. The molecule has 4 nitrogen and oxygen atoms in total. The summed E-state index contributed by atoms with van der Waals surface area (Å²) in [5, 5.41) is 5.99. The lowest BCUT2D eigenvalue weighted by Crippen LogP contribution is -2.42. The van der Waals surface area contributed by atoms with Crippen molar-refractivity contribution in [3.8, 4) is 5.75 Å². The Hall–Kier alpha value is -1.71. The zero-order valence-corrected chi connectivity index (χ0v) is 12.8. The van der Waals surface area contributed by atoms with Gasteiger partial charge in [-0.2, -0.15) is 0 Å². The Morgan fingerprint density at radius 3 is 2.57 bits per heavy atom. The maximum Gasteiger partial charge on any atom is 0.319 e. The fourth-order valence-electron chi connectivity index (χ4n) is 4.06. The Balaban J connectivity index is 1.51. The molecule has 2 fully saturated rings. The van der Waals surface area contributed by atoms with Gasteiger partial charge in [0.05, 0.1) is 7.11 Å². The molecule has 2 aliphatic carbocycles. The van der Waals surface area contributed by atoms with Crippen LogP contribution in [-0.2, 0) is 0 Å². The van der Waals surface area contributed by atoms with Crippen LogP contribution in [0.25, 0.3) is 0 Å². The summed E-state index contributed by atoms with van der Waals surface area (Å²) in [4.78, 5) is 12.1. The van der Waals surface area contributed by atoms with Crippen LogP contribution in [0, 0.1) is 17.8 Å². The highest BCUT2D eigenvalue weighted by molar-refractivity contribution is 5.89. The van der Waals surface area contributed by atoms with Gasteiger partial charge in [0.2, 0.25) is 0 Å². The van der Waals surface area contributed by atoms with E-state index in [9.17, 15) is 4.79 Å². The second kappa shape index (κ2) is 5.96. The van der Waals surface area contributed by atoms with E-state index in [2.05, 4.69) is 17.6 Å².